The van der Waals surface area contributed by atoms with Crippen LogP contribution in [0.1, 0.15) is 19.5 Å². The summed E-state index contributed by atoms with van der Waals surface area (Å²) >= 11 is 0. The lowest BCUT2D eigenvalue weighted by atomic mass is 10.5. The summed E-state index contributed by atoms with van der Waals surface area (Å²) in [4.78, 5) is 3.42. The fraction of sp³-hybridized carbons (Fsp3) is 0.308. The molecule has 0 bridgehead atoms. The molecule has 1 aromatic heterocycles. The summed E-state index contributed by atoms with van der Waals surface area (Å²) in [6.45, 7) is 12.7. The molecule has 1 rings (SSSR count). The van der Waals surface area contributed by atoms with Crippen LogP contribution in [0.25, 0.3) is 0 Å². The SMILES string of the molecule is C=C/C=C\N=C.CC.Cc1cccn1C. The molecule has 0 amide bonds. The molecule has 0 aliphatic rings. The number of rotatable bonds is 2. The van der Waals surface area contributed by atoms with Gasteiger partial charge in [0.2, 0.25) is 0 Å². The molecule has 0 aromatic carbocycles. The third-order valence-corrected chi connectivity index (χ3v) is 1.53. The Balaban J connectivity index is 0. The van der Waals surface area contributed by atoms with Crippen LogP contribution >= 0.6 is 0 Å². The highest BCUT2D eigenvalue weighted by Gasteiger charge is 1.82. The molecule has 2 nitrogen and oxygen atoms in total. The molecule has 0 spiro atoms. The van der Waals surface area contributed by atoms with Crippen LogP contribution in [-0.2, 0) is 7.05 Å². The first-order valence-corrected chi connectivity index (χ1v) is 5.03. The van der Waals surface area contributed by atoms with E-state index in [1.54, 1.807) is 18.4 Å². The Labute approximate surface area is 93.7 Å². The number of aliphatic imine (C=N–C) groups is 1. The van der Waals surface area contributed by atoms with Gasteiger partial charge in [-0.05, 0) is 31.9 Å². The minimum Gasteiger partial charge on any atom is -0.355 e. The summed E-state index contributed by atoms with van der Waals surface area (Å²) < 4.78 is 2.08. The first kappa shape index (κ1) is 15.9. The van der Waals surface area contributed by atoms with Crippen molar-refractivity contribution < 1.29 is 0 Å². The zero-order chi connectivity index (χ0) is 12.1. The van der Waals surface area contributed by atoms with Crippen molar-refractivity contribution in [3.63, 3.8) is 0 Å². The second kappa shape index (κ2) is 12.4. The highest BCUT2D eigenvalue weighted by Crippen LogP contribution is 1.93. The molecule has 0 saturated heterocycles. The standard InChI is InChI=1S/C6H9N.C5H7N.C2H6/c1-6-4-3-5-7(6)2;1-3-4-5-6-2;1-2/h3-5H,1-2H3;3-5H,1-2H2;1-2H3/b;5-4-;. The van der Waals surface area contributed by atoms with Gasteiger partial charge >= 0.3 is 0 Å². The first-order valence-electron chi connectivity index (χ1n) is 5.03. The molecule has 0 aliphatic carbocycles. The minimum absolute atomic E-state index is 1.31. The van der Waals surface area contributed by atoms with Crippen molar-refractivity contribution in [3.05, 3.63) is 49.0 Å². The molecular weight excluding hydrogens is 184 g/mol. The molecular formula is C13H22N2. The van der Waals surface area contributed by atoms with E-state index in [1.807, 2.05) is 33.2 Å². The summed E-state index contributed by atoms with van der Waals surface area (Å²) in [7, 11) is 2.04. The van der Waals surface area contributed by atoms with Crippen molar-refractivity contribution >= 4 is 6.72 Å². The summed E-state index contributed by atoms with van der Waals surface area (Å²) in [5.41, 5.74) is 1.31. The Morgan fingerprint density at radius 3 is 2.13 bits per heavy atom. The third kappa shape index (κ3) is 10.4. The van der Waals surface area contributed by atoms with Crippen LogP contribution in [0.15, 0.2) is 48.3 Å². The predicted molar refractivity (Wildman–Crippen MR) is 70.4 cm³/mol. The number of hydrogen-bond donors (Lipinski definition) is 0. The van der Waals surface area contributed by atoms with E-state index in [4.69, 9.17) is 0 Å². The van der Waals surface area contributed by atoms with Crippen LogP contribution < -0.4 is 0 Å². The van der Waals surface area contributed by atoms with Gasteiger partial charge in [-0.1, -0.05) is 26.5 Å². The smallest absolute Gasteiger partial charge is 0.0260 e. The molecule has 1 heterocycles. The summed E-state index contributed by atoms with van der Waals surface area (Å²) in [6, 6.07) is 4.12. The van der Waals surface area contributed by atoms with E-state index in [-0.39, 0.29) is 0 Å². The predicted octanol–water partition coefficient (Wildman–Crippen LogP) is 3.75. The molecule has 0 radical (unpaired) electrons. The average molecular weight is 206 g/mol. The van der Waals surface area contributed by atoms with Crippen molar-refractivity contribution in [1.82, 2.24) is 4.57 Å². The molecule has 84 valence electrons. The molecule has 2 heteroatoms. The van der Waals surface area contributed by atoms with Gasteiger partial charge < -0.3 is 4.57 Å². The molecule has 0 atom stereocenters. The van der Waals surface area contributed by atoms with Gasteiger partial charge in [0.1, 0.15) is 0 Å². The second-order valence-corrected chi connectivity index (χ2v) is 2.52. The zero-order valence-electron chi connectivity index (χ0n) is 10.3. The quantitative estimate of drug-likeness (QED) is 0.518. The van der Waals surface area contributed by atoms with Crippen molar-refractivity contribution in [2.24, 2.45) is 12.0 Å². The Kier molecular flexibility index (Phi) is 13.2. The highest BCUT2D eigenvalue weighted by atomic mass is 14.9. The van der Waals surface area contributed by atoms with E-state index >= 15 is 0 Å². The van der Waals surface area contributed by atoms with Crippen LogP contribution in [0.4, 0.5) is 0 Å². The maximum atomic E-state index is 3.42. The largest absolute Gasteiger partial charge is 0.355 e. The lowest BCUT2D eigenvalue weighted by Crippen LogP contribution is -1.84. The molecule has 0 aliphatic heterocycles. The van der Waals surface area contributed by atoms with Gasteiger partial charge in [-0.2, -0.15) is 0 Å². The summed E-state index contributed by atoms with van der Waals surface area (Å²) in [5.74, 6) is 0. The van der Waals surface area contributed by atoms with Crippen LogP contribution in [0.5, 0.6) is 0 Å². The average Bonchev–Trinajstić information content (AvgIpc) is 2.64. The maximum Gasteiger partial charge on any atom is 0.0260 e. The Morgan fingerprint density at radius 1 is 1.40 bits per heavy atom. The van der Waals surface area contributed by atoms with Crippen molar-refractivity contribution in [2.75, 3.05) is 0 Å². The van der Waals surface area contributed by atoms with Crippen LogP contribution in [-0.4, -0.2) is 11.3 Å². The summed E-state index contributed by atoms with van der Waals surface area (Å²) in [5, 5.41) is 0. The van der Waals surface area contributed by atoms with Crippen LogP contribution in [0.2, 0.25) is 0 Å². The normalized spacial score (nSPS) is 8.27. The number of hydrogen-bond acceptors (Lipinski definition) is 1. The fourth-order valence-corrected chi connectivity index (χ4v) is 0.668. The Hall–Kier alpha value is -1.57. The molecule has 0 unspecified atom stereocenters. The van der Waals surface area contributed by atoms with Gasteiger partial charge in [-0.15, -0.1) is 0 Å². The number of nitrogens with zero attached hydrogens (tertiary/aromatic N) is 2. The molecule has 15 heavy (non-hydrogen) atoms. The van der Waals surface area contributed by atoms with Gasteiger partial charge in [0.05, 0.1) is 0 Å². The molecule has 1 aromatic rings. The van der Waals surface area contributed by atoms with Crippen LogP contribution in [0, 0.1) is 6.92 Å². The van der Waals surface area contributed by atoms with E-state index in [9.17, 15) is 0 Å². The maximum absolute atomic E-state index is 3.42. The van der Waals surface area contributed by atoms with E-state index in [2.05, 4.69) is 35.8 Å². The highest BCUT2D eigenvalue weighted by molar-refractivity contribution is 5.25. The van der Waals surface area contributed by atoms with Crippen molar-refractivity contribution in [1.29, 1.82) is 0 Å². The fourth-order valence-electron chi connectivity index (χ4n) is 0.668. The van der Waals surface area contributed by atoms with Crippen molar-refractivity contribution in [3.8, 4) is 0 Å². The molecule has 0 saturated carbocycles. The van der Waals surface area contributed by atoms with E-state index in [1.165, 1.54) is 5.69 Å². The third-order valence-electron chi connectivity index (χ3n) is 1.53. The van der Waals surface area contributed by atoms with Gasteiger partial charge in [0.15, 0.2) is 0 Å². The van der Waals surface area contributed by atoms with Gasteiger partial charge in [-0.3, -0.25) is 4.99 Å². The van der Waals surface area contributed by atoms with Crippen molar-refractivity contribution in [2.45, 2.75) is 20.8 Å². The Morgan fingerprint density at radius 2 is 2.00 bits per heavy atom. The van der Waals surface area contributed by atoms with E-state index < -0.39 is 0 Å². The van der Waals surface area contributed by atoms with E-state index in [0.29, 0.717) is 0 Å². The number of allylic oxidation sites excluding steroid dienone is 2. The van der Waals surface area contributed by atoms with E-state index in [0.717, 1.165) is 0 Å². The Bertz CT molecular complexity index is 256. The summed E-state index contributed by atoms with van der Waals surface area (Å²) in [6.07, 6.45) is 6.98. The number of aryl methyl sites for hydroxylation is 2. The lowest BCUT2D eigenvalue weighted by Gasteiger charge is -1.89. The van der Waals surface area contributed by atoms with Gasteiger partial charge in [-0.25, -0.2) is 0 Å². The lowest BCUT2D eigenvalue weighted by molar-refractivity contribution is 0.882. The zero-order valence-corrected chi connectivity index (χ0v) is 10.3. The molecule has 0 N–H and O–H groups in total. The van der Waals surface area contributed by atoms with Crippen LogP contribution in [0.3, 0.4) is 0 Å². The first-order chi connectivity index (χ1) is 7.22. The monoisotopic (exact) mass is 206 g/mol. The topological polar surface area (TPSA) is 17.3 Å². The number of aromatic nitrogens is 1. The van der Waals surface area contributed by atoms with Gasteiger partial charge in [0.25, 0.3) is 0 Å². The van der Waals surface area contributed by atoms with Gasteiger partial charge in [0, 0.05) is 25.1 Å². The minimum atomic E-state index is 1.31. The second-order valence-electron chi connectivity index (χ2n) is 2.52. The molecule has 0 fully saturated rings.